The van der Waals surface area contributed by atoms with Crippen LogP contribution in [0.1, 0.15) is 38.3 Å². The summed E-state index contributed by atoms with van der Waals surface area (Å²) in [5.74, 6) is -0.498. The van der Waals surface area contributed by atoms with E-state index in [0.717, 1.165) is 16.8 Å². The minimum atomic E-state index is -3.74. The summed E-state index contributed by atoms with van der Waals surface area (Å²) in [4.78, 5) is 15.0. The van der Waals surface area contributed by atoms with E-state index in [1.54, 1.807) is 22.9 Å². The molecule has 0 unspecified atom stereocenters. The normalized spacial score (nSPS) is 17.3. The number of anilines is 1. The molecule has 9 nitrogen and oxygen atoms in total. The van der Waals surface area contributed by atoms with Crippen LogP contribution in [0, 0.1) is 5.92 Å². The van der Waals surface area contributed by atoms with Crippen LogP contribution >= 0.6 is 0 Å². The van der Waals surface area contributed by atoms with E-state index in [0.29, 0.717) is 31.4 Å². The standard InChI is InChI=1S/C24H32N6O3S/c1-17(2)30-23-12-11-21(14-22(23)26-27-30)34(32,33)29-13-5-6-19(16-29)24(31)25-15-18-7-9-20(10-8-18)28(3)4/h7-12,14,17,19H,5-6,13,15-16H2,1-4H3,(H,25,31)/t19-/m1/s1. The number of sulfonamides is 1. The summed E-state index contributed by atoms with van der Waals surface area (Å²) in [6, 6.07) is 13.0. The van der Waals surface area contributed by atoms with Gasteiger partial charge in [0.05, 0.1) is 16.3 Å². The SMILES string of the molecule is CC(C)n1nnc2cc(S(=O)(=O)N3CCC[C@@H](C(=O)NCc4ccc(N(C)C)cc4)C3)ccc21. The van der Waals surface area contributed by atoms with Gasteiger partial charge in [-0.2, -0.15) is 4.31 Å². The number of amides is 1. The molecule has 0 saturated carbocycles. The molecule has 2 heterocycles. The van der Waals surface area contributed by atoms with Crippen LogP contribution in [-0.4, -0.2) is 60.8 Å². The molecule has 0 bridgehead atoms. The lowest BCUT2D eigenvalue weighted by molar-refractivity contribution is -0.126. The van der Waals surface area contributed by atoms with E-state index in [9.17, 15) is 13.2 Å². The van der Waals surface area contributed by atoms with Crippen molar-refractivity contribution in [1.82, 2.24) is 24.6 Å². The number of carbonyl (C=O) groups is 1. The maximum atomic E-state index is 13.3. The molecule has 34 heavy (non-hydrogen) atoms. The van der Waals surface area contributed by atoms with Gasteiger partial charge in [-0.15, -0.1) is 5.10 Å². The Morgan fingerprint density at radius 2 is 1.91 bits per heavy atom. The molecule has 0 aliphatic carbocycles. The number of fused-ring (bicyclic) bond motifs is 1. The monoisotopic (exact) mass is 484 g/mol. The van der Waals surface area contributed by atoms with Crippen molar-refractivity contribution >= 4 is 32.7 Å². The highest BCUT2D eigenvalue weighted by Gasteiger charge is 2.33. The number of nitrogens with one attached hydrogen (secondary N) is 1. The van der Waals surface area contributed by atoms with Gasteiger partial charge in [-0.05, 0) is 62.6 Å². The fraction of sp³-hybridized carbons (Fsp3) is 0.458. The first-order valence-corrected chi connectivity index (χ1v) is 13.0. The lowest BCUT2D eigenvalue weighted by atomic mass is 9.99. The zero-order valence-corrected chi connectivity index (χ0v) is 20.9. The number of hydrogen-bond acceptors (Lipinski definition) is 6. The van der Waals surface area contributed by atoms with Crippen LogP contribution in [0.3, 0.4) is 0 Å². The predicted molar refractivity (Wildman–Crippen MR) is 132 cm³/mol. The molecule has 4 rings (SSSR count). The number of piperidine rings is 1. The molecule has 3 aromatic rings. The number of carbonyl (C=O) groups excluding carboxylic acids is 1. The van der Waals surface area contributed by atoms with Gasteiger partial charge in [-0.3, -0.25) is 4.79 Å². The fourth-order valence-electron chi connectivity index (χ4n) is 4.23. The third kappa shape index (κ3) is 4.92. The molecular formula is C24H32N6O3S. The van der Waals surface area contributed by atoms with Crippen molar-refractivity contribution in [1.29, 1.82) is 0 Å². The van der Waals surface area contributed by atoms with Crippen LogP contribution < -0.4 is 10.2 Å². The van der Waals surface area contributed by atoms with Crippen molar-refractivity contribution in [2.75, 3.05) is 32.1 Å². The van der Waals surface area contributed by atoms with Crippen LogP contribution in [0.15, 0.2) is 47.4 Å². The Morgan fingerprint density at radius 1 is 1.18 bits per heavy atom. The van der Waals surface area contributed by atoms with Gasteiger partial charge in [0.2, 0.25) is 15.9 Å². The summed E-state index contributed by atoms with van der Waals surface area (Å²) in [6.45, 7) is 4.98. The Kier molecular flexibility index (Phi) is 6.90. The summed E-state index contributed by atoms with van der Waals surface area (Å²) in [7, 11) is 0.219. The Bertz CT molecular complexity index is 1270. The Morgan fingerprint density at radius 3 is 2.59 bits per heavy atom. The van der Waals surface area contributed by atoms with Gasteiger partial charge in [0, 0.05) is 45.5 Å². The fourth-order valence-corrected chi connectivity index (χ4v) is 5.78. The summed E-state index contributed by atoms with van der Waals surface area (Å²) in [6.07, 6.45) is 1.31. The first kappa shape index (κ1) is 24.2. The molecule has 1 saturated heterocycles. The lowest BCUT2D eigenvalue weighted by Crippen LogP contribution is -2.45. The predicted octanol–water partition coefficient (Wildman–Crippen LogP) is 2.80. The third-order valence-electron chi connectivity index (χ3n) is 6.24. The van der Waals surface area contributed by atoms with Crippen LogP contribution in [0.4, 0.5) is 5.69 Å². The van der Waals surface area contributed by atoms with Crippen LogP contribution in [-0.2, 0) is 21.4 Å². The Labute approximate surface area is 200 Å². The molecule has 1 aliphatic heterocycles. The maximum Gasteiger partial charge on any atom is 0.243 e. The second-order valence-electron chi connectivity index (χ2n) is 9.26. The average molecular weight is 485 g/mol. The Hall–Kier alpha value is -2.98. The molecule has 1 aliphatic rings. The highest BCUT2D eigenvalue weighted by atomic mass is 32.2. The molecule has 182 valence electrons. The van der Waals surface area contributed by atoms with E-state index in [1.807, 2.05) is 57.1 Å². The molecule has 1 aromatic heterocycles. The van der Waals surface area contributed by atoms with E-state index >= 15 is 0 Å². The third-order valence-corrected chi connectivity index (χ3v) is 8.10. The molecule has 0 radical (unpaired) electrons. The van der Waals surface area contributed by atoms with Gasteiger partial charge >= 0.3 is 0 Å². The summed E-state index contributed by atoms with van der Waals surface area (Å²) >= 11 is 0. The van der Waals surface area contributed by atoms with Crippen molar-refractivity contribution in [3.63, 3.8) is 0 Å². The van der Waals surface area contributed by atoms with E-state index in [-0.39, 0.29) is 29.3 Å². The highest BCUT2D eigenvalue weighted by Crippen LogP contribution is 2.26. The summed E-state index contributed by atoms with van der Waals surface area (Å²) in [5.41, 5.74) is 3.43. The van der Waals surface area contributed by atoms with E-state index in [2.05, 4.69) is 15.6 Å². The van der Waals surface area contributed by atoms with Crippen LogP contribution in [0.25, 0.3) is 11.0 Å². The first-order valence-electron chi connectivity index (χ1n) is 11.6. The molecule has 1 N–H and O–H groups in total. The van der Waals surface area contributed by atoms with Crippen molar-refractivity contribution < 1.29 is 13.2 Å². The van der Waals surface area contributed by atoms with E-state index in [1.165, 1.54) is 4.31 Å². The average Bonchev–Trinajstić information content (AvgIpc) is 3.26. The Balaban J connectivity index is 1.43. The zero-order valence-electron chi connectivity index (χ0n) is 20.1. The minimum absolute atomic E-state index is 0.119. The first-order chi connectivity index (χ1) is 16.2. The van der Waals surface area contributed by atoms with Crippen molar-refractivity contribution in [3.05, 3.63) is 48.0 Å². The zero-order chi connectivity index (χ0) is 24.5. The van der Waals surface area contributed by atoms with Crippen molar-refractivity contribution in [2.45, 2.75) is 44.2 Å². The van der Waals surface area contributed by atoms with Gasteiger partial charge in [0.25, 0.3) is 0 Å². The number of benzene rings is 2. The van der Waals surface area contributed by atoms with Gasteiger partial charge in [0.1, 0.15) is 5.52 Å². The minimum Gasteiger partial charge on any atom is -0.378 e. The second kappa shape index (κ2) is 9.71. The molecule has 1 fully saturated rings. The largest absolute Gasteiger partial charge is 0.378 e. The van der Waals surface area contributed by atoms with Gasteiger partial charge in [0.15, 0.2) is 0 Å². The number of hydrogen-bond donors (Lipinski definition) is 1. The van der Waals surface area contributed by atoms with Gasteiger partial charge < -0.3 is 10.2 Å². The molecular weight excluding hydrogens is 452 g/mol. The van der Waals surface area contributed by atoms with E-state index < -0.39 is 10.0 Å². The van der Waals surface area contributed by atoms with Crippen molar-refractivity contribution in [2.24, 2.45) is 5.92 Å². The lowest BCUT2D eigenvalue weighted by Gasteiger charge is -2.31. The molecule has 0 spiro atoms. The smallest absolute Gasteiger partial charge is 0.243 e. The number of aromatic nitrogens is 3. The van der Waals surface area contributed by atoms with Crippen LogP contribution in [0.5, 0.6) is 0 Å². The van der Waals surface area contributed by atoms with E-state index in [4.69, 9.17) is 0 Å². The highest BCUT2D eigenvalue weighted by molar-refractivity contribution is 7.89. The van der Waals surface area contributed by atoms with Gasteiger partial charge in [-0.25, -0.2) is 13.1 Å². The maximum absolute atomic E-state index is 13.3. The number of nitrogens with zero attached hydrogens (tertiary/aromatic N) is 5. The topological polar surface area (TPSA) is 100 Å². The summed E-state index contributed by atoms with van der Waals surface area (Å²) < 4.78 is 29.9. The second-order valence-corrected chi connectivity index (χ2v) is 11.2. The number of rotatable bonds is 7. The van der Waals surface area contributed by atoms with Gasteiger partial charge in [-0.1, -0.05) is 17.3 Å². The molecule has 10 heteroatoms. The quantitative estimate of drug-likeness (QED) is 0.554. The van der Waals surface area contributed by atoms with Crippen LogP contribution in [0.2, 0.25) is 0 Å². The summed E-state index contributed by atoms with van der Waals surface area (Å²) in [5, 5.41) is 11.2. The molecule has 1 amide bonds. The molecule has 1 atom stereocenters. The molecule has 2 aromatic carbocycles. The van der Waals surface area contributed by atoms with Crippen molar-refractivity contribution in [3.8, 4) is 0 Å².